The first kappa shape index (κ1) is 20.7. The van der Waals surface area contributed by atoms with Crippen LogP contribution in [0.1, 0.15) is 27.5 Å². The molecule has 0 fully saturated rings. The molecule has 0 unspecified atom stereocenters. The Morgan fingerprint density at radius 2 is 1.83 bits per heavy atom. The third kappa shape index (κ3) is 4.08. The van der Waals surface area contributed by atoms with Gasteiger partial charge < -0.3 is 9.15 Å². The van der Waals surface area contributed by atoms with Gasteiger partial charge in [0.2, 0.25) is 5.09 Å². The number of nitrogens with zero attached hydrogens (tertiary/aromatic N) is 3. The van der Waals surface area contributed by atoms with Crippen molar-refractivity contribution in [2.45, 2.75) is 25.5 Å². The van der Waals surface area contributed by atoms with Crippen molar-refractivity contribution in [3.05, 3.63) is 64.9 Å². The fourth-order valence-electron chi connectivity index (χ4n) is 2.74. The van der Waals surface area contributed by atoms with Crippen molar-refractivity contribution < 1.29 is 26.8 Å². The predicted molar refractivity (Wildman–Crippen MR) is 102 cm³/mol. The molecule has 0 bridgehead atoms. The Kier molecular flexibility index (Phi) is 5.58. The molecule has 0 aliphatic carbocycles. The first-order valence-electron chi connectivity index (χ1n) is 8.62. The Hall–Kier alpha value is -2.98. The second-order valence-electron chi connectivity index (χ2n) is 6.52. The quantitative estimate of drug-likeness (QED) is 0.568. The molecule has 29 heavy (non-hydrogen) atoms. The van der Waals surface area contributed by atoms with Crippen LogP contribution in [0.2, 0.25) is 0 Å². The van der Waals surface area contributed by atoms with E-state index in [2.05, 4.69) is 5.10 Å². The molecule has 154 valence electrons. The maximum absolute atomic E-state index is 13.1. The molecule has 3 rings (SSSR count). The minimum Gasteiger partial charge on any atom is -0.454 e. The lowest BCUT2D eigenvalue weighted by molar-refractivity contribution is 0.0439. The van der Waals surface area contributed by atoms with Gasteiger partial charge in [0.1, 0.15) is 23.7 Å². The van der Waals surface area contributed by atoms with Crippen LogP contribution in [-0.4, -0.2) is 42.6 Å². The SMILES string of the molecule is Cc1nn(-c2ccc(F)cc2)c(C)c1C(=O)OCc1ccc(S(=O)(=O)N(C)C)o1. The number of ether oxygens (including phenoxy) is 1. The largest absolute Gasteiger partial charge is 0.454 e. The smallest absolute Gasteiger partial charge is 0.342 e. The maximum Gasteiger partial charge on any atom is 0.342 e. The van der Waals surface area contributed by atoms with Gasteiger partial charge in [0.05, 0.1) is 17.1 Å². The molecule has 1 aromatic carbocycles. The van der Waals surface area contributed by atoms with Crippen LogP contribution in [0.15, 0.2) is 45.9 Å². The molecule has 0 radical (unpaired) electrons. The van der Waals surface area contributed by atoms with Crippen LogP contribution in [0.3, 0.4) is 0 Å². The summed E-state index contributed by atoms with van der Waals surface area (Å²) in [5, 5.41) is 4.10. The molecule has 0 spiro atoms. The molecule has 0 N–H and O–H groups in total. The van der Waals surface area contributed by atoms with Gasteiger partial charge in [-0.25, -0.2) is 26.6 Å². The van der Waals surface area contributed by atoms with Gasteiger partial charge in [-0.3, -0.25) is 0 Å². The number of sulfonamides is 1. The van der Waals surface area contributed by atoms with Gasteiger partial charge in [-0.05, 0) is 50.2 Å². The lowest BCUT2D eigenvalue weighted by Gasteiger charge is -2.08. The van der Waals surface area contributed by atoms with Crippen LogP contribution < -0.4 is 0 Å². The minimum atomic E-state index is -3.70. The van der Waals surface area contributed by atoms with Crippen LogP contribution in [0.25, 0.3) is 5.69 Å². The molecular weight excluding hydrogens is 401 g/mol. The summed E-state index contributed by atoms with van der Waals surface area (Å²) in [4.78, 5) is 12.6. The van der Waals surface area contributed by atoms with E-state index in [1.54, 1.807) is 26.0 Å². The monoisotopic (exact) mass is 421 g/mol. The number of furan rings is 1. The number of esters is 1. The van der Waals surface area contributed by atoms with Crippen molar-refractivity contribution in [3.63, 3.8) is 0 Å². The highest BCUT2D eigenvalue weighted by Gasteiger charge is 2.24. The highest BCUT2D eigenvalue weighted by molar-refractivity contribution is 7.88. The Bertz CT molecular complexity index is 1150. The van der Waals surface area contributed by atoms with Crippen LogP contribution in [0.4, 0.5) is 4.39 Å². The van der Waals surface area contributed by atoms with E-state index in [-0.39, 0.29) is 28.8 Å². The second-order valence-corrected chi connectivity index (χ2v) is 8.60. The molecule has 0 aliphatic heterocycles. The zero-order valence-corrected chi connectivity index (χ0v) is 17.2. The molecule has 0 saturated heterocycles. The summed E-state index contributed by atoms with van der Waals surface area (Å²) < 4.78 is 50.3. The predicted octanol–water partition coefficient (Wildman–Crippen LogP) is 2.83. The van der Waals surface area contributed by atoms with Crippen molar-refractivity contribution in [2.24, 2.45) is 0 Å². The number of hydrogen-bond donors (Lipinski definition) is 0. The molecule has 0 amide bonds. The zero-order valence-electron chi connectivity index (χ0n) is 16.3. The molecular formula is C19H20FN3O5S. The van der Waals surface area contributed by atoms with Crippen LogP contribution in [0.5, 0.6) is 0 Å². The third-order valence-corrected chi connectivity index (χ3v) is 5.97. The van der Waals surface area contributed by atoms with Gasteiger partial charge in [0.25, 0.3) is 10.0 Å². The number of carbonyl (C=O) groups excluding carboxylic acids is 1. The van der Waals surface area contributed by atoms with E-state index in [0.29, 0.717) is 17.1 Å². The standard InChI is InChI=1S/C19H20FN3O5S/c1-12-18(13(2)23(21-12)15-7-5-14(20)6-8-15)19(24)27-11-16-9-10-17(28-16)29(25,26)22(3)4/h5-10H,11H2,1-4H3. The lowest BCUT2D eigenvalue weighted by Crippen LogP contribution is -2.21. The number of carbonyl (C=O) groups is 1. The highest BCUT2D eigenvalue weighted by Crippen LogP contribution is 2.21. The zero-order chi connectivity index (χ0) is 21.3. The summed E-state index contributed by atoms with van der Waals surface area (Å²) in [5.41, 5.74) is 1.87. The maximum atomic E-state index is 13.1. The Morgan fingerprint density at radius 3 is 2.45 bits per heavy atom. The van der Waals surface area contributed by atoms with E-state index in [9.17, 15) is 17.6 Å². The van der Waals surface area contributed by atoms with Gasteiger partial charge in [0.15, 0.2) is 0 Å². The first-order valence-corrected chi connectivity index (χ1v) is 10.1. The molecule has 8 nitrogen and oxygen atoms in total. The molecule has 0 atom stereocenters. The first-order chi connectivity index (χ1) is 13.6. The van der Waals surface area contributed by atoms with E-state index in [1.807, 2.05) is 0 Å². The number of benzene rings is 1. The highest BCUT2D eigenvalue weighted by atomic mass is 32.2. The van der Waals surface area contributed by atoms with Gasteiger partial charge in [-0.2, -0.15) is 5.10 Å². The van der Waals surface area contributed by atoms with Crippen molar-refractivity contribution in [1.29, 1.82) is 0 Å². The molecule has 10 heteroatoms. The lowest BCUT2D eigenvalue weighted by atomic mass is 10.2. The normalized spacial score (nSPS) is 11.8. The summed E-state index contributed by atoms with van der Waals surface area (Å²) in [6, 6.07) is 8.46. The van der Waals surface area contributed by atoms with Gasteiger partial charge >= 0.3 is 5.97 Å². The van der Waals surface area contributed by atoms with Crippen LogP contribution in [0, 0.1) is 19.7 Å². The van der Waals surface area contributed by atoms with E-state index < -0.39 is 16.0 Å². The van der Waals surface area contributed by atoms with Gasteiger partial charge in [-0.15, -0.1) is 0 Å². The van der Waals surface area contributed by atoms with E-state index >= 15 is 0 Å². The Labute approximate surface area is 167 Å². The van der Waals surface area contributed by atoms with Crippen molar-refractivity contribution in [2.75, 3.05) is 14.1 Å². The number of halogens is 1. The van der Waals surface area contributed by atoms with E-state index in [1.165, 1.54) is 43.0 Å². The third-order valence-electron chi connectivity index (χ3n) is 4.28. The topological polar surface area (TPSA) is 94.6 Å². The fraction of sp³-hybridized carbons (Fsp3) is 0.263. The fourth-order valence-corrected chi connectivity index (χ4v) is 3.55. The molecule has 0 aliphatic rings. The Balaban J connectivity index is 1.77. The second kappa shape index (κ2) is 7.80. The summed E-state index contributed by atoms with van der Waals surface area (Å²) >= 11 is 0. The van der Waals surface area contributed by atoms with Crippen molar-refractivity contribution in [1.82, 2.24) is 14.1 Å². The van der Waals surface area contributed by atoms with Crippen LogP contribution in [-0.2, 0) is 21.4 Å². The number of aromatic nitrogens is 2. The summed E-state index contributed by atoms with van der Waals surface area (Å²) in [7, 11) is -0.923. The van der Waals surface area contributed by atoms with E-state index in [0.717, 1.165) is 4.31 Å². The molecule has 0 saturated carbocycles. The van der Waals surface area contributed by atoms with Gasteiger partial charge in [-0.1, -0.05) is 0 Å². The molecule has 2 aromatic heterocycles. The molecule has 2 heterocycles. The minimum absolute atomic E-state index is 0.194. The van der Waals surface area contributed by atoms with Crippen LogP contribution >= 0.6 is 0 Å². The Morgan fingerprint density at radius 1 is 1.17 bits per heavy atom. The van der Waals surface area contributed by atoms with Crippen molar-refractivity contribution in [3.8, 4) is 5.69 Å². The molecule has 3 aromatic rings. The number of rotatable bonds is 6. The number of aryl methyl sites for hydroxylation is 1. The van der Waals surface area contributed by atoms with Crippen molar-refractivity contribution >= 4 is 16.0 Å². The average Bonchev–Trinajstić information content (AvgIpc) is 3.25. The summed E-state index contributed by atoms with van der Waals surface area (Å²) in [5.74, 6) is -0.800. The average molecular weight is 421 g/mol. The summed E-state index contributed by atoms with van der Waals surface area (Å²) in [6.07, 6.45) is 0. The van der Waals surface area contributed by atoms with E-state index in [4.69, 9.17) is 9.15 Å². The number of hydrogen-bond acceptors (Lipinski definition) is 6. The van der Waals surface area contributed by atoms with Gasteiger partial charge in [0, 0.05) is 14.1 Å². The summed E-state index contributed by atoms with van der Waals surface area (Å²) in [6.45, 7) is 3.13.